The quantitative estimate of drug-likeness (QED) is 0.0195. The average Bonchev–Trinajstić information content (AvgIpc) is 3.37. The minimum Gasteiger partial charge on any atom is -0.545 e. The number of likely N-dealkylation sites (N-methyl/N-ethyl adjacent to an activating group) is 1. The predicted octanol–water partition coefficient (Wildman–Crippen LogP) is 16.6. The van der Waals surface area contributed by atoms with E-state index in [-0.39, 0.29) is 38.6 Å². The van der Waals surface area contributed by atoms with E-state index < -0.39 is 24.3 Å². The van der Waals surface area contributed by atoms with Gasteiger partial charge in [-0.05, 0) is 89.9 Å². The van der Waals surface area contributed by atoms with Gasteiger partial charge in [0.1, 0.15) is 13.2 Å². The topological polar surface area (TPSA) is 111 Å². The van der Waals surface area contributed by atoms with Crippen molar-refractivity contribution in [3.05, 3.63) is 85.1 Å². The maximum Gasteiger partial charge on any atom is 0.306 e. The lowest BCUT2D eigenvalue weighted by Gasteiger charge is -2.26. The van der Waals surface area contributed by atoms with Crippen LogP contribution >= 0.6 is 0 Å². The number of quaternary nitrogens is 1. The molecule has 9 nitrogen and oxygen atoms in total. The summed E-state index contributed by atoms with van der Waals surface area (Å²) in [7, 11) is 5.92. The Morgan fingerprint density at radius 1 is 0.419 bits per heavy atom. The number of unbranched alkanes of at least 4 members (excludes halogenated alkanes) is 26. The highest BCUT2D eigenvalue weighted by Gasteiger charge is 2.22. The van der Waals surface area contributed by atoms with E-state index in [2.05, 4.69) is 98.9 Å². The Hall–Kier alpha value is -3.53. The smallest absolute Gasteiger partial charge is 0.306 e. The largest absolute Gasteiger partial charge is 0.545 e. The van der Waals surface area contributed by atoms with Gasteiger partial charge in [-0.3, -0.25) is 9.59 Å². The van der Waals surface area contributed by atoms with Gasteiger partial charge in [-0.2, -0.15) is 0 Å². The molecule has 0 aromatic heterocycles. The number of carbonyl (C=O) groups excluding carboxylic acids is 3. The number of esters is 2. The van der Waals surface area contributed by atoms with Crippen molar-refractivity contribution >= 4 is 17.9 Å². The molecule has 426 valence electrons. The molecule has 0 spiro atoms. The third-order valence-electron chi connectivity index (χ3n) is 12.9. The molecule has 0 saturated carbocycles. The highest BCUT2D eigenvalue weighted by atomic mass is 16.7. The molecular weight excluding hydrogens is 923 g/mol. The van der Waals surface area contributed by atoms with Gasteiger partial charge in [-0.25, -0.2) is 0 Å². The third kappa shape index (κ3) is 56.2. The maximum atomic E-state index is 12.9. The first-order valence-electron chi connectivity index (χ1n) is 30.2. The second-order valence-corrected chi connectivity index (χ2v) is 21.3. The summed E-state index contributed by atoms with van der Waals surface area (Å²) >= 11 is 0. The molecule has 0 fully saturated rings. The Kier molecular flexibility index (Phi) is 53.0. The number of carbonyl (C=O) groups is 3. The Bertz CT molecular complexity index is 1490. The van der Waals surface area contributed by atoms with Crippen molar-refractivity contribution in [2.75, 3.05) is 47.5 Å². The van der Waals surface area contributed by atoms with Crippen LogP contribution in [-0.2, 0) is 33.3 Å². The first kappa shape index (κ1) is 70.5. The average molecular weight is 1040 g/mol. The van der Waals surface area contributed by atoms with Crippen LogP contribution in [0, 0.1) is 0 Å². The number of rotatable bonds is 55. The fraction of sp³-hybridized carbons (Fsp3) is 0.738. The number of carboxylic acids is 1. The molecule has 0 aromatic carbocycles. The molecule has 0 amide bonds. The van der Waals surface area contributed by atoms with Gasteiger partial charge in [0.05, 0.1) is 40.3 Å². The number of aliphatic carboxylic acids is 1. The SMILES string of the molecule is CC/C=C\C/C=C\C/C=C\C/C=C\C/C=C\CCCCCCCCCCCCCCCCCC(=O)OC(COC(=O)CCCCCCCCC/C=C\C/C=C\CCCCCC)COC(OCC[N+](C)(C)C)C(=O)[O-]. The number of hydrogen-bond donors (Lipinski definition) is 0. The van der Waals surface area contributed by atoms with E-state index in [9.17, 15) is 19.5 Å². The van der Waals surface area contributed by atoms with Crippen molar-refractivity contribution in [2.24, 2.45) is 0 Å². The summed E-state index contributed by atoms with van der Waals surface area (Å²) in [6, 6.07) is 0. The highest BCUT2D eigenvalue weighted by molar-refractivity contribution is 5.70. The van der Waals surface area contributed by atoms with Crippen LogP contribution in [0.2, 0.25) is 0 Å². The maximum absolute atomic E-state index is 12.9. The molecule has 0 aromatic rings. The normalized spacial score (nSPS) is 13.4. The van der Waals surface area contributed by atoms with Crippen molar-refractivity contribution in [3.8, 4) is 0 Å². The molecule has 0 bridgehead atoms. The Balaban J connectivity index is 4.18. The van der Waals surface area contributed by atoms with Crippen molar-refractivity contribution in [1.29, 1.82) is 0 Å². The standard InChI is InChI=1S/C65H113NO8/c1-6-8-10-12-14-16-18-20-22-24-26-27-28-29-30-31-32-33-34-35-36-37-38-40-42-44-46-48-50-52-54-56-63(68)74-61(60-73-65(64(69)70)71-58-57-66(3,4)5)59-72-62(67)55-53-51-49-47-45-43-41-39-25-23-21-19-17-15-13-11-9-7-2/h8,10,14,16-17,19-20,22-23,25-27,29-30,61,65H,6-7,9,11-13,15,18,21,24,28,31-60H2,1-5H3/b10-8-,16-14-,19-17-,22-20-,25-23-,27-26-,30-29-. The van der Waals surface area contributed by atoms with Gasteiger partial charge in [0, 0.05) is 12.8 Å². The van der Waals surface area contributed by atoms with Crippen molar-refractivity contribution < 1.29 is 42.9 Å². The highest BCUT2D eigenvalue weighted by Crippen LogP contribution is 2.16. The van der Waals surface area contributed by atoms with E-state index in [0.717, 1.165) is 89.9 Å². The Morgan fingerprint density at radius 2 is 0.770 bits per heavy atom. The zero-order valence-corrected chi connectivity index (χ0v) is 48.4. The van der Waals surface area contributed by atoms with Crippen molar-refractivity contribution in [2.45, 2.75) is 264 Å². The van der Waals surface area contributed by atoms with Gasteiger partial charge >= 0.3 is 11.9 Å². The van der Waals surface area contributed by atoms with E-state index in [0.29, 0.717) is 17.4 Å². The van der Waals surface area contributed by atoms with Crippen LogP contribution in [0.5, 0.6) is 0 Å². The minimum absolute atomic E-state index is 0.144. The molecule has 0 saturated heterocycles. The van der Waals surface area contributed by atoms with Crippen LogP contribution in [0.1, 0.15) is 251 Å². The van der Waals surface area contributed by atoms with Gasteiger partial charge < -0.3 is 33.3 Å². The number of hydrogen-bond acceptors (Lipinski definition) is 8. The monoisotopic (exact) mass is 1040 g/mol. The summed E-state index contributed by atoms with van der Waals surface area (Å²) < 4.78 is 22.7. The summed E-state index contributed by atoms with van der Waals surface area (Å²) in [5.74, 6) is -2.29. The van der Waals surface area contributed by atoms with Crippen LogP contribution in [0.4, 0.5) is 0 Å². The van der Waals surface area contributed by atoms with Gasteiger partial charge in [0.2, 0.25) is 0 Å². The molecule has 0 aliphatic heterocycles. The van der Waals surface area contributed by atoms with Crippen LogP contribution in [-0.4, -0.2) is 82.3 Å². The van der Waals surface area contributed by atoms with E-state index in [1.54, 1.807) is 0 Å². The van der Waals surface area contributed by atoms with Crippen LogP contribution < -0.4 is 5.11 Å². The molecule has 0 heterocycles. The van der Waals surface area contributed by atoms with Crippen molar-refractivity contribution in [1.82, 2.24) is 0 Å². The molecule has 0 radical (unpaired) electrons. The summed E-state index contributed by atoms with van der Waals surface area (Å²) in [6.07, 6.45) is 70.6. The minimum atomic E-state index is -1.63. The number of allylic oxidation sites excluding steroid dienone is 14. The molecule has 9 heteroatoms. The summed E-state index contributed by atoms with van der Waals surface area (Å²) in [6.45, 7) is 4.62. The zero-order valence-electron chi connectivity index (χ0n) is 48.4. The Morgan fingerprint density at radius 3 is 1.15 bits per heavy atom. The molecular formula is C65H113NO8. The summed E-state index contributed by atoms with van der Waals surface area (Å²) in [5, 5.41) is 11.8. The molecule has 0 N–H and O–H groups in total. The van der Waals surface area contributed by atoms with Crippen LogP contribution in [0.3, 0.4) is 0 Å². The summed E-state index contributed by atoms with van der Waals surface area (Å²) in [5.41, 5.74) is 0. The molecule has 0 aliphatic carbocycles. The predicted molar refractivity (Wildman–Crippen MR) is 311 cm³/mol. The number of ether oxygens (including phenoxy) is 4. The molecule has 0 rings (SSSR count). The molecule has 2 atom stereocenters. The van der Waals surface area contributed by atoms with E-state index >= 15 is 0 Å². The van der Waals surface area contributed by atoms with E-state index in [4.69, 9.17) is 18.9 Å². The van der Waals surface area contributed by atoms with Gasteiger partial charge in [-0.15, -0.1) is 0 Å². The lowest BCUT2D eigenvalue weighted by atomic mass is 10.0. The lowest BCUT2D eigenvalue weighted by molar-refractivity contribution is -0.870. The molecule has 2 unspecified atom stereocenters. The van der Waals surface area contributed by atoms with Gasteiger partial charge in [0.25, 0.3) is 0 Å². The van der Waals surface area contributed by atoms with Crippen LogP contribution in [0.15, 0.2) is 85.1 Å². The molecule has 0 aliphatic rings. The van der Waals surface area contributed by atoms with Gasteiger partial charge in [0.15, 0.2) is 12.4 Å². The van der Waals surface area contributed by atoms with E-state index in [1.165, 1.54) is 128 Å². The lowest BCUT2D eigenvalue weighted by Crippen LogP contribution is -2.44. The fourth-order valence-electron chi connectivity index (χ4n) is 8.24. The third-order valence-corrected chi connectivity index (χ3v) is 12.9. The second-order valence-electron chi connectivity index (χ2n) is 21.3. The van der Waals surface area contributed by atoms with Crippen LogP contribution in [0.25, 0.3) is 0 Å². The first-order chi connectivity index (χ1) is 36.1. The second kappa shape index (κ2) is 55.7. The Labute approximate surface area is 455 Å². The van der Waals surface area contributed by atoms with Gasteiger partial charge in [-0.1, -0.05) is 234 Å². The summed E-state index contributed by atoms with van der Waals surface area (Å²) in [4.78, 5) is 37.3. The number of nitrogens with zero attached hydrogens (tertiary/aromatic N) is 1. The first-order valence-corrected chi connectivity index (χ1v) is 30.2. The van der Waals surface area contributed by atoms with E-state index in [1.807, 2.05) is 21.1 Å². The van der Waals surface area contributed by atoms with Crippen molar-refractivity contribution in [3.63, 3.8) is 0 Å². The fourth-order valence-corrected chi connectivity index (χ4v) is 8.24. The molecule has 74 heavy (non-hydrogen) atoms. The number of carboxylic acid groups (broad SMARTS) is 1. The zero-order chi connectivity index (χ0) is 54.1.